The van der Waals surface area contributed by atoms with Gasteiger partial charge in [0, 0.05) is 6.61 Å². The zero-order valence-corrected chi connectivity index (χ0v) is 12.2. The summed E-state index contributed by atoms with van der Waals surface area (Å²) in [6.07, 6.45) is 6.03. The van der Waals surface area contributed by atoms with Crippen LogP contribution in [0.1, 0.15) is 95.4 Å². The fraction of sp³-hybridized carbons (Fsp3) is 1.00. The number of unbranched alkanes of at least 4 members (excludes halogenated alkanes) is 1. The van der Waals surface area contributed by atoms with E-state index in [0.29, 0.717) is 6.61 Å². The van der Waals surface area contributed by atoms with Gasteiger partial charge in [-0.1, -0.05) is 82.6 Å². The van der Waals surface area contributed by atoms with Gasteiger partial charge in [-0.15, -0.1) is 0 Å². The molecular weight excluding hydrogens is 208 g/mol. The van der Waals surface area contributed by atoms with Crippen molar-refractivity contribution in [3.05, 3.63) is 0 Å². The van der Waals surface area contributed by atoms with Crippen molar-refractivity contribution in [2.45, 2.75) is 95.4 Å². The van der Waals surface area contributed by atoms with Crippen LogP contribution in [-0.2, 0) is 0 Å². The molecule has 0 aromatic heterocycles. The number of hydrogen-bond acceptors (Lipinski definition) is 1. The summed E-state index contributed by atoms with van der Waals surface area (Å²) in [5.41, 5.74) is 0.181. The predicted molar refractivity (Wildman–Crippen MR) is 85.8 cm³/mol. The van der Waals surface area contributed by atoms with E-state index in [2.05, 4.69) is 48.5 Å². The average Bonchev–Trinajstić information content (AvgIpc) is 2.29. The summed E-state index contributed by atoms with van der Waals surface area (Å²) in [7, 11) is 0. The standard InChI is InChI=1S/C7H16O.C4H10.C3H8.2CH4/c1-4-7(3,5-2)6-8;1-3-4-2;1-3-2;;/h8H,4-6H2,1-3H3;3-4H2,1-2H3;3H2,1-2H3;2*1H4. The van der Waals surface area contributed by atoms with Gasteiger partial charge in [-0.25, -0.2) is 0 Å². The summed E-state index contributed by atoms with van der Waals surface area (Å²) in [6, 6.07) is 0. The van der Waals surface area contributed by atoms with Crippen molar-refractivity contribution in [3.8, 4) is 0 Å². The van der Waals surface area contributed by atoms with Crippen LogP contribution in [0.4, 0.5) is 0 Å². The quantitative estimate of drug-likeness (QED) is 0.620. The zero-order valence-electron chi connectivity index (χ0n) is 12.2. The maximum atomic E-state index is 8.79. The van der Waals surface area contributed by atoms with Crippen LogP contribution in [0.15, 0.2) is 0 Å². The van der Waals surface area contributed by atoms with Crippen LogP contribution in [0.2, 0.25) is 0 Å². The van der Waals surface area contributed by atoms with Crippen molar-refractivity contribution in [3.63, 3.8) is 0 Å². The average molecular weight is 251 g/mol. The maximum Gasteiger partial charge on any atom is 0.0484 e. The summed E-state index contributed by atoms with van der Waals surface area (Å²) >= 11 is 0. The maximum absolute atomic E-state index is 8.79. The molecule has 112 valence electrons. The van der Waals surface area contributed by atoms with Crippen LogP contribution in [0.5, 0.6) is 0 Å². The van der Waals surface area contributed by atoms with Gasteiger partial charge in [-0.2, -0.15) is 0 Å². The molecule has 0 radical (unpaired) electrons. The fourth-order valence-corrected chi connectivity index (χ4v) is 0.474. The summed E-state index contributed by atoms with van der Waals surface area (Å²) in [4.78, 5) is 0. The molecule has 0 aliphatic heterocycles. The van der Waals surface area contributed by atoms with E-state index >= 15 is 0 Å². The second-order valence-corrected chi connectivity index (χ2v) is 4.38. The highest BCUT2D eigenvalue weighted by Gasteiger charge is 2.16. The van der Waals surface area contributed by atoms with Gasteiger partial charge in [0.05, 0.1) is 0 Å². The highest BCUT2D eigenvalue weighted by Crippen LogP contribution is 2.23. The molecule has 0 aliphatic rings. The largest absolute Gasteiger partial charge is 0.396 e. The number of rotatable bonds is 4. The molecule has 0 saturated carbocycles. The van der Waals surface area contributed by atoms with Crippen LogP contribution < -0.4 is 0 Å². The van der Waals surface area contributed by atoms with Gasteiger partial charge in [0.25, 0.3) is 0 Å². The lowest BCUT2D eigenvalue weighted by Gasteiger charge is -2.22. The third kappa shape index (κ3) is 31.4. The molecule has 0 spiro atoms. The van der Waals surface area contributed by atoms with E-state index < -0.39 is 0 Å². The molecular formula is C16H42O. The normalized spacial score (nSPS) is 8.47. The Morgan fingerprint density at radius 3 is 1.00 bits per heavy atom. The zero-order chi connectivity index (χ0) is 12.7. The lowest BCUT2D eigenvalue weighted by molar-refractivity contribution is 0.133. The highest BCUT2D eigenvalue weighted by molar-refractivity contribution is 4.67. The Labute approximate surface area is 113 Å². The minimum atomic E-state index is 0. The Morgan fingerprint density at radius 2 is 1.00 bits per heavy atom. The molecule has 0 aliphatic carbocycles. The highest BCUT2D eigenvalue weighted by atomic mass is 16.3. The molecule has 17 heavy (non-hydrogen) atoms. The molecule has 0 aromatic rings. The number of hydrogen-bond donors (Lipinski definition) is 1. The van der Waals surface area contributed by atoms with Crippen molar-refractivity contribution in [2.24, 2.45) is 5.41 Å². The van der Waals surface area contributed by atoms with Gasteiger partial charge >= 0.3 is 0 Å². The Morgan fingerprint density at radius 1 is 0.765 bits per heavy atom. The third-order valence-corrected chi connectivity index (χ3v) is 2.59. The van der Waals surface area contributed by atoms with E-state index in [0.717, 1.165) is 12.8 Å². The van der Waals surface area contributed by atoms with Gasteiger partial charge in [0.15, 0.2) is 0 Å². The van der Waals surface area contributed by atoms with E-state index in [1.165, 1.54) is 19.3 Å². The van der Waals surface area contributed by atoms with Gasteiger partial charge in [-0.05, 0) is 18.3 Å². The first-order chi connectivity index (χ1) is 7.01. The Kier molecular flexibility index (Phi) is 44.4. The van der Waals surface area contributed by atoms with Gasteiger partial charge in [-0.3, -0.25) is 0 Å². The molecule has 0 unspecified atom stereocenters. The Balaban J connectivity index is -0.0000000461. The molecule has 0 amide bonds. The van der Waals surface area contributed by atoms with Crippen molar-refractivity contribution in [1.82, 2.24) is 0 Å². The molecule has 1 nitrogen and oxygen atoms in total. The topological polar surface area (TPSA) is 20.2 Å². The van der Waals surface area contributed by atoms with E-state index in [9.17, 15) is 0 Å². The molecule has 0 aromatic carbocycles. The molecule has 0 saturated heterocycles. The smallest absolute Gasteiger partial charge is 0.0484 e. The van der Waals surface area contributed by atoms with Crippen LogP contribution in [-0.4, -0.2) is 11.7 Å². The minimum absolute atomic E-state index is 0. The second kappa shape index (κ2) is 25.0. The first kappa shape index (κ1) is 30.2. The molecule has 1 heteroatoms. The summed E-state index contributed by atoms with van der Waals surface area (Å²) in [6.45, 7) is 15.3. The van der Waals surface area contributed by atoms with E-state index in [4.69, 9.17) is 5.11 Å². The second-order valence-electron chi connectivity index (χ2n) is 4.38. The Bertz CT molecular complexity index is 75.3. The van der Waals surface area contributed by atoms with Crippen LogP contribution in [0.25, 0.3) is 0 Å². The van der Waals surface area contributed by atoms with E-state index in [-0.39, 0.29) is 20.3 Å². The molecule has 0 atom stereocenters. The molecule has 0 rings (SSSR count). The van der Waals surface area contributed by atoms with E-state index in [1.807, 2.05) is 0 Å². The monoisotopic (exact) mass is 250 g/mol. The molecule has 0 heterocycles. The minimum Gasteiger partial charge on any atom is -0.396 e. The third-order valence-electron chi connectivity index (χ3n) is 2.59. The van der Waals surface area contributed by atoms with Crippen LogP contribution in [0.3, 0.4) is 0 Å². The number of aliphatic hydroxyl groups excluding tert-OH is 1. The van der Waals surface area contributed by atoms with Crippen molar-refractivity contribution < 1.29 is 5.11 Å². The summed E-state index contributed by atoms with van der Waals surface area (Å²) in [5, 5.41) is 8.79. The van der Waals surface area contributed by atoms with Crippen LogP contribution >= 0.6 is 0 Å². The van der Waals surface area contributed by atoms with Crippen molar-refractivity contribution >= 4 is 0 Å². The number of aliphatic hydroxyl groups is 1. The fourth-order valence-electron chi connectivity index (χ4n) is 0.474. The molecule has 0 bridgehead atoms. The lowest BCUT2D eigenvalue weighted by Crippen LogP contribution is -2.18. The first-order valence-corrected chi connectivity index (χ1v) is 6.62. The van der Waals surface area contributed by atoms with Gasteiger partial charge in [0.2, 0.25) is 0 Å². The predicted octanol–water partition coefficient (Wildman–Crippen LogP) is 6.30. The lowest BCUT2D eigenvalue weighted by atomic mass is 9.86. The van der Waals surface area contributed by atoms with Crippen molar-refractivity contribution in [2.75, 3.05) is 6.61 Å². The first-order valence-electron chi connectivity index (χ1n) is 6.62. The SMILES string of the molecule is C.C.CCC.CCC(C)(CC)CO.CCCC. The van der Waals surface area contributed by atoms with Gasteiger partial charge < -0.3 is 5.11 Å². The van der Waals surface area contributed by atoms with Crippen molar-refractivity contribution in [1.29, 1.82) is 0 Å². The summed E-state index contributed by atoms with van der Waals surface area (Å²) < 4.78 is 0. The van der Waals surface area contributed by atoms with E-state index in [1.54, 1.807) is 0 Å². The summed E-state index contributed by atoms with van der Waals surface area (Å²) in [5.74, 6) is 0. The van der Waals surface area contributed by atoms with Gasteiger partial charge in [0.1, 0.15) is 0 Å². The van der Waals surface area contributed by atoms with Crippen LogP contribution in [0, 0.1) is 5.41 Å². The Hall–Kier alpha value is -0.0400. The molecule has 0 fully saturated rings. The molecule has 1 N–H and O–H groups in total.